The lowest BCUT2D eigenvalue weighted by atomic mass is 10.0. The van der Waals surface area contributed by atoms with E-state index >= 15 is 0 Å². The topological polar surface area (TPSA) is 48.9 Å². The molecule has 1 aromatic heterocycles. The molecule has 3 aromatic rings. The minimum absolute atomic E-state index is 0.0621. The number of rotatable bonds is 4. The Balaban J connectivity index is 1.27. The van der Waals surface area contributed by atoms with Gasteiger partial charge in [0.2, 0.25) is 0 Å². The summed E-state index contributed by atoms with van der Waals surface area (Å²) in [5, 5.41) is 1.74. The maximum Gasteiger partial charge on any atom is 0.417 e. The summed E-state index contributed by atoms with van der Waals surface area (Å²) in [4.78, 5) is 27.1. The summed E-state index contributed by atoms with van der Waals surface area (Å²) >= 11 is 6.11. The molecule has 0 bridgehead atoms. The molecule has 0 unspecified atom stereocenters. The van der Waals surface area contributed by atoms with Crippen molar-refractivity contribution < 1.29 is 22.8 Å². The lowest BCUT2D eigenvalue weighted by Gasteiger charge is -2.36. The molecule has 36 heavy (non-hydrogen) atoms. The van der Waals surface area contributed by atoms with Crippen LogP contribution in [0.15, 0.2) is 72.9 Å². The maximum atomic E-state index is 13.4. The molecule has 2 atom stereocenters. The van der Waals surface area contributed by atoms with E-state index in [-0.39, 0.29) is 22.8 Å². The Bertz CT molecular complexity index is 1160. The molecule has 5 rings (SSSR count). The third kappa shape index (κ3) is 4.99. The van der Waals surface area contributed by atoms with Crippen molar-refractivity contribution in [2.24, 2.45) is 0 Å². The third-order valence-corrected chi connectivity index (χ3v) is 6.75. The Morgan fingerprint density at radius 2 is 1.61 bits per heavy atom. The molecule has 0 N–H and O–H groups in total. The highest BCUT2D eigenvalue weighted by Gasteiger charge is 2.41. The van der Waals surface area contributed by atoms with Crippen molar-refractivity contribution in [3.63, 3.8) is 0 Å². The Morgan fingerprint density at radius 3 is 2.22 bits per heavy atom. The highest BCUT2D eigenvalue weighted by molar-refractivity contribution is 6.33. The van der Waals surface area contributed by atoms with Crippen LogP contribution in [-0.4, -0.2) is 48.1 Å². The SMILES string of the molecule is O=C([C@@H]1C[C@H](c2ccccc2)N(c2ccccc2)O1)N1CCN(c2ncc(C(F)(F)F)cc2Cl)CC1. The molecule has 0 aliphatic carbocycles. The van der Waals surface area contributed by atoms with E-state index in [2.05, 4.69) is 4.98 Å². The average Bonchev–Trinajstić information content (AvgIpc) is 3.34. The average molecular weight is 517 g/mol. The van der Waals surface area contributed by atoms with E-state index in [1.165, 1.54) is 0 Å². The number of carbonyl (C=O) groups excluding carboxylic acids is 1. The van der Waals surface area contributed by atoms with Gasteiger partial charge < -0.3 is 9.80 Å². The molecule has 6 nitrogen and oxygen atoms in total. The Morgan fingerprint density at radius 1 is 0.972 bits per heavy atom. The van der Waals surface area contributed by atoms with Crippen molar-refractivity contribution in [3.8, 4) is 0 Å². The first-order chi connectivity index (χ1) is 17.3. The molecule has 1 amide bonds. The number of nitrogens with zero attached hydrogens (tertiary/aromatic N) is 4. The van der Waals surface area contributed by atoms with Gasteiger partial charge in [0.15, 0.2) is 6.10 Å². The van der Waals surface area contributed by atoms with Crippen LogP contribution < -0.4 is 9.96 Å². The quantitative estimate of drug-likeness (QED) is 0.467. The number of halogens is 4. The molecule has 2 aromatic carbocycles. The number of hydroxylamine groups is 1. The number of anilines is 2. The summed E-state index contributed by atoms with van der Waals surface area (Å²) in [6.45, 7) is 1.58. The van der Waals surface area contributed by atoms with Gasteiger partial charge >= 0.3 is 6.18 Å². The zero-order valence-corrected chi connectivity index (χ0v) is 20.0. The number of piperazine rings is 1. The summed E-state index contributed by atoms with van der Waals surface area (Å²) in [6, 6.07) is 20.4. The van der Waals surface area contributed by atoms with Gasteiger partial charge in [-0.1, -0.05) is 60.1 Å². The first-order valence-corrected chi connectivity index (χ1v) is 12.0. The first-order valence-electron chi connectivity index (χ1n) is 11.6. The molecule has 2 aliphatic rings. The van der Waals surface area contributed by atoms with E-state index < -0.39 is 17.8 Å². The van der Waals surface area contributed by atoms with E-state index in [9.17, 15) is 18.0 Å². The normalized spacial score (nSPS) is 20.6. The van der Waals surface area contributed by atoms with E-state index in [0.717, 1.165) is 23.5 Å². The largest absolute Gasteiger partial charge is 0.417 e. The minimum Gasteiger partial charge on any atom is -0.352 e. The fourth-order valence-corrected chi connectivity index (χ4v) is 4.91. The second kappa shape index (κ2) is 9.99. The second-order valence-corrected chi connectivity index (χ2v) is 9.16. The van der Waals surface area contributed by atoms with Crippen molar-refractivity contribution in [2.75, 3.05) is 36.1 Å². The number of aromatic nitrogens is 1. The zero-order valence-electron chi connectivity index (χ0n) is 19.2. The number of carbonyl (C=O) groups is 1. The molecular weight excluding hydrogens is 493 g/mol. The maximum absolute atomic E-state index is 13.4. The summed E-state index contributed by atoms with van der Waals surface area (Å²) in [6.07, 6.45) is -3.86. The lowest BCUT2D eigenvalue weighted by molar-refractivity contribution is -0.142. The van der Waals surface area contributed by atoms with Crippen LogP contribution in [0.25, 0.3) is 0 Å². The van der Waals surface area contributed by atoms with Gasteiger partial charge in [-0.25, -0.2) is 10.0 Å². The number of amides is 1. The minimum atomic E-state index is -4.51. The number of para-hydroxylation sites is 1. The second-order valence-electron chi connectivity index (χ2n) is 8.76. The molecule has 3 heterocycles. The first kappa shape index (κ1) is 24.4. The number of hydrogen-bond acceptors (Lipinski definition) is 5. The highest BCUT2D eigenvalue weighted by atomic mass is 35.5. The van der Waals surface area contributed by atoms with Gasteiger partial charge in [0, 0.05) is 38.8 Å². The van der Waals surface area contributed by atoms with Crippen LogP contribution in [-0.2, 0) is 15.8 Å². The van der Waals surface area contributed by atoms with Gasteiger partial charge in [-0.3, -0.25) is 9.63 Å². The van der Waals surface area contributed by atoms with Crippen LogP contribution >= 0.6 is 11.6 Å². The van der Waals surface area contributed by atoms with Crippen LogP contribution in [0, 0.1) is 0 Å². The monoisotopic (exact) mass is 516 g/mol. The Hall–Kier alpha value is -3.30. The van der Waals surface area contributed by atoms with Crippen LogP contribution in [0.1, 0.15) is 23.6 Å². The number of alkyl halides is 3. The molecule has 0 radical (unpaired) electrons. The molecule has 0 spiro atoms. The molecule has 2 saturated heterocycles. The Kier molecular flexibility index (Phi) is 6.77. The molecular formula is C26H24ClF3N4O2. The molecule has 2 aliphatic heterocycles. The van der Waals surface area contributed by atoms with Crippen molar-refractivity contribution >= 4 is 29.0 Å². The summed E-state index contributed by atoms with van der Waals surface area (Å²) in [5.74, 6) is 0.175. The summed E-state index contributed by atoms with van der Waals surface area (Å²) in [5.41, 5.74) is 1.04. The van der Waals surface area contributed by atoms with Crippen LogP contribution in [0.2, 0.25) is 5.02 Å². The predicted molar refractivity (Wildman–Crippen MR) is 131 cm³/mol. The number of benzene rings is 2. The lowest BCUT2D eigenvalue weighted by Crippen LogP contribution is -2.52. The fraction of sp³-hybridized carbons (Fsp3) is 0.308. The van der Waals surface area contributed by atoms with E-state index in [0.29, 0.717) is 32.6 Å². The van der Waals surface area contributed by atoms with Crippen LogP contribution in [0.4, 0.5) is 24.7 Å². The Labute approximate surface area is 211 Å². The zero-order chi connectivity index (χ0) is 25.3. The molecule has 188 valence electrons. The van der Waals surface area contributed by atoms with Gasteiger partial charge in [-0.2, -0.15) is 13.2 Å². The van der Waals surface area contributed by atoms with Gasteiger partial charge in [0.1, 0.15) is 5.82 Å². The number of hydrogen-bond donors (Lipinski definition) is 0. The van der Waals surface area contributed by atoms with Gasteiger partial charge in [0.05, 0.1) is 22.3 Å². The van der Waals surface area contributed by atoms with Gasteiger partial charge in [0.25, 0.3) is 5.91 Å². The smallest absolute Gasteiger partial charge is 0.352 e. The van der Waals surface area contributed by atoms with Crippen molar-refractivity contribution in [2.45, 2.75) is 24.7 Å². The van der Waals surface area contributed by atoms with Crippen LogP contribution in [0.3, 0.4) is 0 Å². The number of pyridine rings is 1. The molecule has 10 heteroatoms. The molecule has 2 fully saturated rings. The predicted octanol–water partition coefficient (Wildman–Crippen LogP) is 5.35. The van der Waals surface area contributed by atoms with Crippen molar-refractivity contribution in [3.05, 3.63) is 89.1 Å². The summed E-state index contributed by atoms with van der Waals surface area (Å²) in [7, 11) is 0. The third-order valence-electron chi connectivity index (χ3n) is 6.47. The van der Waals surface area contributed by atoms with E-state index in [1.807, 2.05) is 60.7 Å². The van der Waals surface area contributed by atoms with E-state index in [4.69, 9.17) is 16.4 Å². The van der Waals surface area contributed by atoms with Crippen LogP contribution in [0.5, 0.6) is 0 Å². The van der Waals surface area contributed by atoms with Crippen molar-refractivity contribution in [1.29, 1.82) is 0 Å². The summed E-state index contributed by atoms with van der Waals surface area (Å²) < 4.78 is 38.8. The van der Waals surface area contributed by atoms with Gasteiger partial charge in [-0.05, 0) is 23.8 Å². The fourth-order valence-electron chi connectivity index (χ4n) is 4.62. The molecule has 0 saturated carbocycles. The van der Waals surface area contributed by atoms with Crippen molar-refractivity contribution in [1.82, 2.24) is 9.88 Å². The highest BCUT2D eigenvalue weighted by Crippen LogP contribution is 2.39. The van der Waals surface area contributed by atoms with Gasteiger partial charge in [-0.15, -0.1) is 0 Å². The standard InChI is InChI=1S/C26H24ClF3N4O2/c27-21-15-19(26(28,29)30)17-31-24(21)32-11-13-33(14-12-32)25(35)23-16-22(18-7-3-1-4-8-18)34(36-23)20-9-5-2-6-10-20/h1-10,15,17,22-23H,11-14,16H2/t22-,23+/m1/s1. The van der Waals surface area contributed by atoms with E-state index in [1.54, 1.807) is 14.9 Å².